The summed E-state index contributed by atoms with van der Waals surface area (Å²) in [5.41, 5.74) is 1.09. The Bertz CT molecular complexity index is 361. The lowest BCUT2D eigenvalue weighted by atomic mass is 10.1. The van der Waals surface area contributed by atoms with Gasteiger partial charge in [-0.3, -0.25) is 0 Å². The Morgan fingerprint density at radius 1 is 1.29 bits per heavy atom. The van der Waals surface area contributed by atoms with Crippen molar-refractivity contribution < 1.29 is 9.47 Å². The van der Waals surface area contributed by atoms with Crippen LogP contribution in [-0.2, 0) is 11.3 Å². The molecular weight excluding hydrogens is 238 g/mol. The second-order valence-corrected chi connectivity index (χ2v) is 5.34. The van der Waals surface area contributed by atoms with Crippen LogP contribution in [0.25, 0.3) is 0 Å². The highest BCUT2D eigenvalue weighted by Gasteiger charge is 2.11. The molecule has 96 valence electrons. The first-order valence-corrected chi connectivity index (χ1v) is 5.95. The van der Waals surface area contributed by atoms with E-state index in [1.807, 2.05) is 18.2 Å². The SMILES string of the molecule is COCOc1ccc(Cl)cc1CNC(C)(C)C. The van der Waals surface area contributed by atoms with Crippen LogP contribution in [0.5, 0.6) is 5.75 Å². The van der Waals surface area contributed by atoms with Gasteiger partial charge in [0.15, 0.2) is 6.79 Å². The molecule has 3 nitrogen and oxygen atoms in total. The number of rotatable bonds is 5. The van der Waals surface area contributed by atoms with Crippen LogP contribution in [0.1, 0.15) is 26.3 Å². The summed E-state index contributed by atoms with van der Waals surface area (Å²) in [6.07, 6.45) is 0. The molecule has 0 aliphatic carbocycles. The number of benzene rings is 1. The number of hydrogen-bond acceptors (Lipinski definition) is 3. The topological polar surface area (TPSA) is 30.5 Å². The average Bonchev–Trinajstić information content (AvgIpc) is 2.24. The summed E-state index contributed by atoms with van der Waals surface area (Å²) in [6, 6.07) is 5.58. The third kappa shape index (κ3) is 5.39. The smallest absolute Gasteiger partial charge is 0.188 e. The lowest BCUT2D eigenvalue weighted by Crippen LogP contribution is -2.35. The Morgan fingerprint density at radius 2 is 2.00 bits per heavy atom. The van der Waals surface area contributed by atoms with E-state index in [4.69, 9.17) is 21.1 Å². The molecule has 0 fully saturated rings. The molecule has 17 heavy (non-hydrogen) atoms. The van der Waals surface area contributed by atoms with E-state index in [0.717, 1.165) is 11.3 Å². The average molecular weight is 258 g/mol. The van der Waals surface area contributed by atoms with Crippen LogP contribution in [0.2, 0.25) is 5.02 Å². The molecule has 0 heterocycles. The monoisotopic (exact) mass is 257 g/mol. The predicted octanol–water partition coefficient (Wildman–Crippen LogP) is 3.21. The standard InChI is InChI=1S/C13H20ClNO2/c1-13(2,3)15-8-10-7-11(14)5-6-12(10)17-9-16-4/h5-7,15H,8-9H2,1-4H3. The zero-order chi connectivity index (χ0) is 12.9. The number of hydrogen-bond donors (Lipinski definition) is 1. The minimum absolute atomic E-state index is 0.0564. The van der Waals surface area contributed by atoms with Gasteiger partial charge in [-0.05, 0) is 39.0 Å². The van der Waals surface area contributed by atoms with E-state index in [-0.39, 0.29) is 12.3 Å². The molecule has 0 spiro atoms. The van der Waals surface area contributed by atoms with Gasteiger partial charge in [-0.25, -0.2) is 0 Å². The van der Waals surface area contributed by atoms with Gasteiger partial charge in [0.05, 0.1) is 0 Å². The summed E-state index contributed by atoms with van der Waals surface area (Å²) in [5.74, 6) is 0.799. The van der Waals surface area contributed by atoms with Crippen molar-refractivity contribution >= 4 is 11.6 Å². The molecule has 0 atom stereocenters. The summed E-state index contributed by atoms with van der Waals surface area (Å²) in [6.45, 7) is 7.31. The Hall–Kier alpha value is -0.770. The molecule has 0 radical (unpaired) electrons. The van der Waals surface area contributed by atoms with Crippen molar-refractivity contribution in [2.75, 3.05) is 13.9 Å². The van der Waals surface area contributed by atoms with E-state index in [1.54, 1.807) is 7.11 Å². The second-order valence-electron chi connectivity index (χ2n) is 4.91. The molecule has 0 aliphatic heterocycles. The van der Waals surface area contributed by atoms with Crippen molar-refractivity contribution in [3.05, 3.63) is 28.8 Å². The van der Waals surface area contributed by atoms with E-state index >= 15 is 0 Å². The van der Waals surface area contributed by atoms with Crippen LogP contribution in [0, 0.1) is 0 Å². The van der Waals surface area contributed by atoms with Crippen LogP contribution in [0.4, 0.5) is 0 Å². The molecule has 1 aromatic carbocycles. The van der Waals surface area contributed by atoms with Crippen molar-refractivity contribution in [3.8, 4) is 5.75 Å². The van der Waals surface area contributed by atoms with Gasteiger partial charge in [-0.15, -0.1) is 0 Å². The Kier molecular flexibility index (Phi) is 5.25. The number of halogens is 1. The molecule has 0 amide bonds. The van der Waals surface area contributed by atoms with E-state index < -0.39 is 0 Å². The maximum absolute atomic E-state index is 5.99. The molecule has 0 saturated heterocycles. The van der Waals surface area contributed by atoms with Crippen LogP contribution in [0.15, 0.2) is 18.2 Å². The van der Waals surface area contributed by atoms with Gasteiger partial charge < -0.3 is 14.8 Å². The zero-order valence-electron chi connectivity index (χ0n) is 10.8. The highest BCUT2D eigenvalue weighted by Crippen LogP contribution is 2.23. The highest BCUT2D eigenvalue weighted by molar-refractivity contribution is 6.30. The first-order valence-electron chi connectivity index (χ1n) is 5.57. The highest BCUT2D eigenvalue weighted by atomic mass is 35.5. The number of methoxy groups -OCH3 is 1. The maximum atomic E-state index is 5.99. The Morgan fingerprint density at radius 3 is 2.59 bits per heavy atom. The first-order chi connectivity index (χ1) is 7.92. The van der Waals surface area contributed by atoms with Crippen LogP contribution in [0.3, 0.4) is 0 Å². The fourth-order valence-corrected chi connectivity index (χ4v) is 1.50. The van der Waals surface area contributed by atoms with Crippen molar-refractivity contribution in [1.82, 2.24) is 5.32 Å². The van der Waals surface area contributed by atoms with E-state index in [2.05, 4.69) is 26.1 Å². The summed E-state index contributed by atoms with van der Waals surface area (Å²) in [7, 11) is 1.60. The third-order valence-corrected chi connectivity index (χ3v) is 2.40. The zero-order valence-corrected chi connectivity index (χ0v) is 11.6. The molecule has 0 bridgehead atoms. The fourth-order valence-electron chi connectivity index (χ4n) is 1.31. The van der Waals surface area contributed by atoms with Gasteiger partial charge in [0.25, 0.3) is 0 Å². The quantitative estimate of drug-likeness (QED) is 0.822. The summed E-state index contributed by atoms with van der Waals surface area (Å²) in [5, 5.41) is 4.11. The molecule has 0 aromatic heterocycles. The Labute approximate surface area is 108 Å². The molecule has 0 unspecified atom stereocenters. The van der Waals surface area contributed by atoms with Crippen LogP contribution >= 0.6 is 11.6 Å². The fraction of sp³-hybridized carbons (Fsp3) is 0.538. The van der Waals surface area contributed by atoms with E-state index in [1.165, 1.54) is 0 Å². The lowest BCUT2D eigenvalue weighted by Gasteiger charge is -2.21. The number of ether oxygens (including phenoxy) is 2. The van der Waals surface area contributed by atoms with Crippen molar-refractivity contribution in [3.63, 3.8) is 0 Å². The molecule has 1 rings (SSSR count). The van der Waals surface area contributed by atoms with Gasteiger partial charge in [-0.2, -0.15) is 0 Å². The maximum Gasteiger partial charge on any atom is 0.188 e. The minimum Gasteiger partial charge on any atom is -0.467 e. The minimum atomic E-state index is 0.0564. The normalized spacial score (nSPS) is 11.6. The molecule has 0 aliphatic rings. The molecule has 4 heteroatoms. The predicted molar refractivity (Wildman–Crippen MR) is 70.5 cm³/mol. The van der Waals surface area contributed by atoms with E-state index in [0.29, 0.717) is 11.6 Å². The summed E-state index contributed by atoms with van der Waals surface area (Å²) < 4.78 is 10.4. The molecular formula is C13H20ClNO2. The first kappa shape index (κ1) is 14.3. The van der Waals surface area contributed by atoms with E-state index in [9.17, 15) is 0 Å². The van der Waals surface area contributed by atoms with Gasteiger partial charge in [0, 0.05) is 29.8 Å². The van der Waals surface area contributed by atoms with Crippen molar-refractivity contribution in [1.29, 1.82) is 0 Å². The van der Waals surface area contributed by atoms with Gasteiger partial charge in [-0.1, -0.05) is 11.6 Å². The molecule has 0 saturated carbocycles. The second kappa shape index (κ2) is 6.24. The van der Waals surface area contributed by atoms with Gasteiger partial charge >= 0.3 is 0 Å². The molecule has 1 N–H and O–H groups in total. The lowest BCUT2D eigenvalue weighted by molar-refractivity contribution is 0.0503. The van der Waals surface area contributed by atoms with Gasteiger partial charge in [0.1, 0.15) is 5.75 Å². The third-order valence-electron chi connectivity index (χ3n) is 2.16. The van der Waals surface area contributed by atoms with Gasteiger partial charge in [0.2, 0.25) is 0 Å². The number of nitrogens with one attached hydrogen (secondary N) is 1. The van der Waals surface area contributed by atoms with Crippen molar-refractivity contribution in [2.45, 2.75) is 32.9 Å². The largest absolute Gasteiger partial charge is 0.467 e. The van der Waals surface area contributed by atoms with Crippen LogP contribution < -0.4 is 10.1 Å². The van der Waals surface area contributed by atoms with Crippen molar-refractivity contribution in [2.24, 2.45) is 0 Å². The summed E-state index contributed by atoms with van der Waals surface area (Å²) in [4.78, 5) is 0. The molecule has 1 aromatic rings. The van der Waals surface area contributed by atoms with Crippen LogP contribution in [-0.4, -0.2) is 19.4 Å². The summed E-state index contributed by atoms with van der Waals surface area (Å²) >= 11 is 5.99. The Balaban J connectivity index is 2.76.